The van der Waals surface area contributed by atoms with Gasteiger partial charge in [0, 0.05) is 17.9 Å². The van der Waals surface area contributed by atoms with Gasteiger partial charge in [-0.1, -0.05) is 35.5 Å². The Hall–Kier alpha value is -3.06. The van der Waals surface area contributed by atoms with Crippen LogP contribution in [0.4, 0.5) is 0 Å². The van der Waals surface area contributed by atoms with E-state index in [-0.39, 0.29) is 0 Å². The van der Waals surface area contributed by atoms with Gasteiger partial charge in [-0.3, -0.25) is 4.57 Å². The molecule has 0 aliphatic carbocycles. The lowest BCUT2D eigenvalue weighted by atomic mass is 10.1. The predicted molar refractivity (Wildman–Crippen MR) is 109 cm³/mol. The molecule has 0 atom stereocenters. The summed E-state index contributed by atoms with van der Waals surface area (Å²) in [4.78, 5) is 4.59. The largest absolute Gasteiger partial charge is 0.469 e. The smallest absolute Gasteiger partial charge is 0.226 e. The second kappa shape index (κ2) is 7.90. The molecule has 3 aromatic heterocycles. The van der Waals surface area contributed by atoms with Crippen molar-refractivity contribution in [2.24, 2.45) is 0 Å². The first-order valence-electron chi connectivity index (χ1n) is 8.88. The number of thioether (sulfide) groups is 1. The van der Waals surface area contributed by atoms with Crippen molar-refractivity contribution in [3.63, 3.8) is 0 Å². The van der Waals surface area contributed by atoms with Crippen LogP contribution in [0.2, 0.25) is 0 Å². The van der Waals surface area contributed by atoms with Gasteiger partial charge >= 0.3 is 0 Å². The molecule has 4 rings (SSSR count). The summed E-state index contributed by atoms with van der Waals surface area (Å²) in [5.74, 6) is 2.84. The molecule has 0 fully saturated rings. The van der Waals surface area contributed by atoms with Crippen molar-refractivity contribution in [2.45, 2.75) is 31.3 Å². The number of aromatic nitrogens is 4. The third kappa shape index (κ3) is 3.66. The van der Waals surface area contributed by atoms with Crippen LogP contribution in [0, 0.1) is 13.8 Å². The van der Waals surface area contributed by atoms with Gasteiger partial charge in [-0.25, -0.2) is 4.98 Å². The van der Waals surface area contributed by atoms with Crippen LogP contribution < -0.4 is 0 Å². The minimum atomic E-state index is 0.614. The molecule has 7 heteroatoms. The maximum absolute atomic E-state index is 5.64. The summed E-state index contributed by atoms with van der Waals surface area (Å²) in [7, 11) is 0. The summed E-state index contributed by atoms with van der Waals surface area (Å²) in [5, 5.41) is 9.50. The Morgan fingerprint density at radius 1 is 1.11 bits per heavy atom. The standard InChI is InChI=1S/C21H20N4O2S/c1-4-10-25-19(18-9-11-26-15(18)3)23-24-21(25)28-13-17-12-27-20(22-17)16-7-5-14(2)6-8-16/h4-9,11-12H,1,10,13H2,2-3H3. The maximum Gasteiger partial charge on any atom is 0.226 e. The molecule has 0 unspecified atom stereocenters. The number of hydrogen-bond acceptors (Lipinski definition) is 6. The van der Waals surface area contributed by atoms with Gasteiger partial charge in [-0.2, -0.15) is 0 Å². The monoisotopic (exact) mass is 392 g/mol. The van der Waals surface area contributed by atoms with Gasteiger partial charge in [-0.15, -0.1) is 16.8 Å². The van der Waals surface area contributed by atoms with Crippen LogP contribution in [0.3, 0.4) is 0 Å². The zero-order valence-electron chi connectivity index (χ0n) is 15.8. The van der Waals surface area contributed by atoms with Crippen LogP contribution in [0.5, 0.6) is 0 Å². The lowest BCUT2D eigenvalue weighted by molar-refractivity contribution is 0.534. The lowest BCUT2D eigenvalue weighted by Gasteiger charge is -2.06. The summed E-state index contributed by atoms with van der Waals surface area (Å²) in [6.07, 6.45) is 5.18. The number of oxazole rings is 1. The van der Waals surface area contributed by atoms with Gasteiger partial charge in [0.25, 0.3) is 0 Å². The molecule has 1 aromatic carbocycles. The first kappa shape index (κ1) is 18.3. The molecule has 0 saturated carbocycles. The molecule has 0 bridgehead atoms. The van der Waals surface area contributed by atoms with E-state index in [1.807, 2.05) is 47.9 Å². The van der Waals surface area contributed by atoms with Gasteiger partial charge in [-0.05, 0) is 32.0 Å². The maximum atomic E-state index is 5.64. The summed E-state index contributed by atoms with van der Waals surface area (Å²) < 4.78 is 13.1. The molecule has 3 heterocycles. The summed E-state index contributed by atoms with van der Waals surface area (Å²) in [6.45, 7) is 8.43. The van der Waals surface area contributed by atoms with Crippen molar-refractivity contribution >= 4 is 11.8 Å². The van der Waals surface area contributed by atoms with Crippen LogP contribution in [-0.2, 0) is 12.3 Å². The van der Waals surface area contributed by atoms with Crippen molar-refractivity contribution in [3.8, 4) is 22.8 Å². The van der Waals surface area contributed by atoms with Crippen LogP contribution in [0.25, 0.3) is 22.8 Å². The Bertz CT molecular complexity index is 1090. The highest BCUT2D eigenvalue weighted by Gasteiger charge is 2.17. The van der Waals surface area contributed by atoms with Crippen molar-refractivity contribution in [2.75, 3.05) is 0 Å². The zero-order valence-corrected chi connectivity index (χ0v) is 16.6. The highest BCUT2D eigenvalue weighted by Crippen LogP contribution is 2.29. The van der Waals surface area contributed by atoms with E-state index in [1.54, 1.807) is 24.3 Å². The molecule has 4 aromatic rings. The molecular formula is C21H20N4O2S. The van der Waals surface area contributed by atoms with Crippen molar-refractivity contribution in [1.82, 2.24) is 19.7 Å². The zero-order chi connectivity index (χ0) is 19.5. The molecule has 0 aliphatic heterocycles. The summed E-state index contributed by atoms with van der Waals surface area (Å²) >= 11 is 1.56. The predicted octanol–water partition coefficient (Wildman–Crippen LogP) is 5.29. The molecule has 0 aliphatic rings. The van der Waals surface area contributed by atoms with Gasteiger partial charge in [0.15, 0.2) is 11.0 Å². The molecule has 0 amide bonds. The number of benzene rings is 1. The number of nitrogens with zero attached hydrogens (tertiary/aromatic N) is 4. The topological polar surface area (TPSA) is 69.9 Å². The highest BCUT2D eigenvalue weighted by molar-refractivity contribution is 7.98. The second-order valence-electron chi connectivity index (χ2n) is 6.39. The molecule has 0 spiro atoms. The van der Waals surface area contributed by atoms with Crippen LogP contribution in [0.15, 0.2) is 69.5 Å². The van der Waals surface area contributed by atoms with E-state index in [9.17, 15) is 0 Å². The normalized spacial score (nSPS) is 11.1. The van der Waals surface area contributed by atoms with Gasteiger partial charge in [0.2, 0.25) is 5.89 Å². The second-order valence-corrected chi connectivity index (χ2v) is 7.34. The summed E-state index contributed by atoms with van der Waals surface area (Å²) in [5.41, 5.74) is 3.96. The average Bonchev–Trinajstić information content (AvgIpc) is 3.41. The molecule has 6 nitrogen and oxygen atoms in total. The van der Waals surface area contributed by atoms with E-state index < -0.39 is 0 Å². The van der Waals surface area contributed by atoms with Crippen molar-refractivity contribution in [3.05, 3.63) is 72.5 Å². The van der Waals surface area contributed by atoms with E-state index in [4.69, 9.17) is 8.83 Å². The Labute approximate surface area is 167 Å². The molecule has 142 valence electrons. The van der Waals surface area contributed by atoms with Crippen molar-refractivity contribution < 1.29 is 8.83 Å². The fourth-order valence-corrected chi connectivity index (χ4v) is 3.67. The fraction of sp³-hybridized carbons (Fsp3) is 0.190. The number of aryl methyl sites for hydroxylation is 2. The average molecular weight is 392 g/mol. The fourth-order valence-electron chi connectivity index (χ4n) is 2.85. The van der Waals surface area contributed by atoms with E-state index >= 15 is 0 Å². The molecule has 0 radical (unpaired) electrons. The highest BCUT2D eigenvalue weighted by atomic mass is 32.2. The minimum absolute atomic E-state index is 0.614. The van der Waals surface area contributed by atoms with Crippen LogP contribution >= 0.6 is 11.8 Å². The Morgan fingerprint density at radius 3 is 2.64 bits per heavy atom. The minimum Gasteiger partial charge on any atom is -0.469 e. The first-order valence-corrected chi connectivity index (χ1v) is 9.87. The Morgan fingerprint density at radius 2 is 1.93 bits per heavy atom. The number of hydrogen-bond donors (Lipinski definition) is 0. The molecular weight excluding hydrogens is 372 g/mol. The van der Waals surface area contributed by atoms with E-state index in [0.29, 0.717) is 18.2 Å². The van der Waals surface area contributed by atoms with E-state index in [1.165, 1.54) is 5.56 Å². The number of allylic oxidation sites excluding steroid dienone is 1. The van der Waals surface area contributed by atoms with Crippen molar-refractivity contribution in [1.29, 1.82) is 0 Å². The van der Waals surface area contributed by atoms with Crippen LogP contribution in [-0.4, -0.2) is 19.7 Å². The molecule has 28 heavy (non-hydrogen) atoms. The van der Waals surface area contributed by atoms with E-state index in [0.717, 1.165) is 33.6 Å². The lowest BCUT2D eigenvalue weighted by Crippen LogP contribution is -2.00. The van der Waals surface area contributed by atoms with E-state index in [2.05, 4.69) is 28.7 Å². The molecule has 0 N–H and O–H groups in total. The third-order valence-electron chi connectivity index (χ3n) is 4.33. The van der Waals surface area contributed by atoms with Gasteiger partial charge in [0.05, 0.1) is 17.5 Å². The third-order valence-corrected chi connectivity index (χ3v) is 5.33. The molecule has 0 saturated heterocycles. The Balaban J connectivity index is 1.52. The quantitative estimate of drug-likeness (QED) is 0.314. The number of furan rings is 1. The summed E-state index contributed by atoms with van der Waals surface area (Å²) in [6, 6.07) is 10.0. The Kier molecular flexibility index (Phi) is 5.16. The van der Waals surface area contributed by atoms with Crippen LogP contribution in [0.1, 0.15) is 17.0 Å². The SMILES string of the molecule is C=CCn1c(SCc2coc(-c3ccc(C)cc3)n2)nnc1-c1ccoc1C. The van der Waals surface area contributed by atoms with Gasteiger partial charge in [0.1, 0.15) is 12.0 Å². The first-order chi connectivity index (χ1) is 13.7. The van der Waals surface area contributed by atoms with Gasteiger partial charge < -0.3 is 8.83 Å². The number of rotatable bonds is 7.